The minimum absolute atomic E-state index is 0.0222. The summed E-state index contributed by atoms with van der Waals surface area (Å²) in [5.41, 5.74) is 6.81. The van der Waals surface area contributed by atoms with Gasteiger partial charge in [-0.25, -0.2) is 0 Å². The van der Waals surface area contributed by atoms with Gasteiger partial charge in [-0.15, -0.1) is 0 Å². The van der Waals surface area contributed by atoms with Gasteiger partial charge in [0.1, 0.15) is 0 Å². The van der Waals surface area contributed by atoms with Crippen LogP contribution < -0.4 is 5.73 Å². The van der Waals surface area contributed by atoms with Gasteiger partial charge in [-0.1, -0.05) is 30.9 Å². The van der Waals surface area contributed by atoms with Gasteiger partial charge in [-0.05, 0) is 37.0 Å². The van der Waals surface area contributed by atoms with Crippen LogP contribution in [0, 0.1) is 5.92 Å². The summed E-state index contributed by atoms with van der Waals surface area (Å²) in [6.07, 6.45) is 6.39. The van der Waals surface area contributed by atoms with Crippen LogP contribution in [0.25, 0.3) is 0 Å². The number of rotatable bonds is 3. The normalized spacial score (nSPS) is 16.3. The van der Waals surface area contributed by atoms with Crippen LogP contribution in [0.5, 0.6) is 0 Å². The number of carbonyl (C=O) groups excluding carboxylic acids is 1. The van der Waals surface area contributed by atoms with Crippen molar-refractivity contribution in [3.8, 4) is 0 Å². The lowest BCUT2D eigenvalue weighted by atomic mass is 9.89. The highest BCUT2D eigenvalue weighted by Gasteiger charge is 2.19. The van der Waals surface area contributed by atoms with Crippen LogP contribution in [0.4, 0.5) is 5.69 Å². The second kappa shape index (κ2) is 6.29. The molecule has 1 aliphatic carbocycles. The Kier molecular flexibility index (Phi) is 4.70. The molecule has 1 aromatic carbocycles. The first-order valence-electron chi connectivity index (χ1n) is 6.88. The molecule has 0 spiro atoms. The van der Waals surface area contributed by atoms with Gasteiger partial charge < -0.3 is 10.6 Å². The minimum atomic E-state index is 0.0222. The summed E-state index contributed by atoms with van der Waals surface area (Å²) in [6.45, 7) is 0.835. The van der Waals surface area contributed by atoms with E-state index < -0.39 is 0 Å². The molecule has 0 radical (unpaired) electrons. The van der Waals surface area contributed by atoms with Crippen molar-refractivity contribution in [2.75, 3.05) is 19.3 Å². The van der Waals surface area contributed by atoms with E-state index in [-0.39, 0.29) is 5.91 Å². The smallest absolute Gasteiger partial charge is 0.253 e. The topological polar surface area (TPSA) is 46.3 Å². The number of hydrogen-bond donors (Lipinski definition) is 1. The van der Waals surface area contributed by atoms with Crippen molar-refractivity contribution in [1.29, 1.82) is 0 Å². The van der Waals surface area contributed by atoms with Crippen molar-refractivity contribution in [3.63, 3.8) is 0 Å². The Bertz CT molecular complexity index is 455. The van der Waals surface area contributed by atoms with Gasteiger partial charge >= 0.3 is 0 Å². The Morgan fingerprint density at radius 1 is 1.37 bits per heavy atom. The molecule has 1 fully saturated rings. The number of nitrogens with zero attached hydrogens (tertiary/aromatic N) is 1. The molecule has 0 aliphatic heterocycles. The van der Waals surface area contributed by atoms with Crippen LogP contribution in [0.3, 0.4) is 0 Å². The fourth-order valence-electron chi connectivity index (χ4n) is 2.74. The van der Waals surface area contributed by atoms with E-state index >= 15 is 0 Å². The Morgan fingerprint density at radius 3 is 2.68 bits per heavy atom. The van der Waals surface area contributed by atoms with Gasteiger partial charge in [-0.2, -0.15) is 0 Å². The van der Waals surface area contributed by atoms with Crippen LogP contribution in [0.1, 0.15) is 42.5 Å². The van der Waals surface area contributed by atoms with Crippen molar-refractivity contribution < 1.29 is 4.79 Å². The second-order valence-corrected chi connectivity index (χ2v) is 5.83. The Morgan fingerprint density at radius 2 is 2.05 bits per heavy atom. The van der Waals surface area contributed by atoms with Crippen molar-refractivity contribution >= 4 is 23.2 Å². The van der Waals surface area contributed by atoms with E-state index in [9.17, 15) is 4.79 Å². The first-order chi connectivity index (χ1) is 9.08. The maximum atomic E-state index is 12.3. The van der Waals surface area contributed by atoms with Crippen molar-refractivity contribution in [2.24, 2.45) is 5.92 Å². The van der Waals surface area contributed by atoms with Crippen LogP contribution in [-0.4, -0.2) is 24.4 Å². The molecule has 0 bridgehead atoms. The van der Waals surface area contributed by atoms with Gasteiger partial charge in [0.2, 0.25) is 0 Å². The lowest BCUT2D eigenvalue weighted by molar-refractivity contribution is 0.0760. The summed E-state index contributed by atoms with van der Waals surface area (Å²) in [4.78, 5) is 14.1. The summed E-state index contributed by atoms with van der Waals surface area (Å²) in [5, 5.41) is 0.492. The molecule has 1 aromatic rings. The molecule has 2 N–H and O–H groups in total. The first-order valence-corrected chi connectivity index (χ1v) is 7.26. The zero-order valence-corrected chi connectivity index (χ0v) is 12.1. The number of amides is 1. The third-order valence-corrected chi connectivity index (χ3v) is 4.19. The molecule has 0 saturated heterocycles. The molecule has 0 unspecified atom stereocenters. The fourth-order valence-corrected chi connectivity index (χ4v) is 2.85. The third kappa shape index (κ3) is 3.63. The van der Waals surface area contributed by atoms with E-state index in [0.29, 0.717) is 22.2 Å². The third-order valence-electron chi connectivity index (χ3n) is 3.85. The van der Waals surface area contributed by atoms with E-state index in [4.69, 9.17) is 17.3 Å². The zero-order chi connectivity index (χ0) is 13.8. The van der Waals surface area contributed by atoms with Gasteiger partial charge in [0.05, 0.1) is 10.7 Å². The number of halogens is 1. The molecule has 1 aliphatic rings. The fraction of sp³-hybridized carbons (Fsp3) is 0.533. The molecule has 0 aromatic heterocycles. The van der Waals surface area contributed by atoms with Gasteiger partial charge in [-0.3, -0.25) is 4.79 Å². The standard InChI is InChI=1S/C15H21ClN2O/c1-18(10-11-5-3-2-4-6-11)15(19)12-7-8-13(16)14(17)9-12/h7-9,11H,2-6,10,17H2,1H3. The number of benzene rings is 1. The molecule has 104 valence electrons. The van der Waals surface area contributed by atoms with Crippen LogP contribution in [0.2, 0.25) is 5.02 Å². The Hall–Kier alpha value is -1.22. The molecular weight excluding hydrogens is 260 g/mol. The highest BCUT2D eigenvalue weighted by Crippen LogP contribution is 2.25. The van der Waals surface area contributed by atoms with Crippen LogP contribution in [-0.2, 0) is 0 Å². The summed E-state index contributed by atoms with van der Waals surface area (Å²) in [5.74, 6) is 0.668. The summed E-state index contributed by atoms with van der Waals surface area (Å²) in [7, 11) is 1.86. The average molecular weight is 281 g/mol. The SMILES string of the molecule is CN(CC1CCCCC1)C(=O)c1ccc(Cl)c(N)c1. The van der Waals surface area contributed by atoms with Gasteiger partial charge in [0.15, 0.2) is 0 Å². The Labute approximate surface area is 119 Å². The number of anilines is 1. The quantitative estimate of drug-likeness (QED) is 0.860. The number of hydrogen-bond acceptors (Lipinski definition) is 2. The minimum Gasteiger partial charge on any atom is -0.398 e. The lowest BCUT2D eigenvalue weighted by Crippen LogP contribution is -2.32. The predicted molar refractivity (Wildman–Crippen MR) is 79.4 cm³/mol. The number of nitrogens with two attached hydrogens (primary N) is 1. The monoisotopic (exact) mass is 280 g/mol. The molecule has 0 atom stereocenters. The average Bonchev–Trinajstić information content (AvgIpc) is 2.42. The molecule has 2 rings (SSSR count). The van der Waals surface area contributed by atoms with Crippen LogP contribution >= 0.6 is 11.6 Å². The molecule has 0 heterocycles. The van der Waals surface area contributed by atoms with E-state index in [1.807, 2.05) is 7.05 Å². The maximum absolute atomic E-state index is 12.3. The van der Waals surface area contributed by atoms with Crippen LogP contribution in [0.15, 0.2) is 18.2 Å². The van der Waals surface area contributed by atoms with E-state index in [2.05, 4.69) is 0 Å². The predicted octanol–water partition coefficient (Wildman–Crippen LogP) is 3.57. The first kappa shape index (κ1) is 14.2. The molecule has 19 heavy (non-hydrogen) atoms. The highest BCUT2D eigenvalue weighted by atomic mass is 35.5. The molecule has 1 saturated carbocycles. The summed E-state index contributed by atoms with van der Waals surface area (Å²) < 4.78 is 0. The molecular formula is C15H21ClN2O. The largest absolute Gasteiger partial charge is 0.398 e. The van der Waals surface area contributed by atoms with E-state index in [1.165, 1.54) is 32.1 Å². The molecule has 1 amide bonds. The van der Waals surface area contributed by atoms with Crippen molar-refractivity contribution in [2.45, 2.75) is 32.1 Å². The highest BCUT2D eigenvalue weighted by molar-refractivity contribution is 6.33. The molecule has 3 nitrogen and oxygen atoms in total. The summed E-state index contributed by atoms with van der Waals surface area (Å²) in [6, 6.07) is 5.07. The molecule has 4 heteroatoms. The van der Waals surface area contributed by atoms with Crippen molar-refractivity contribution in [3.05, 3.63) is 28.8 Å². The maximum Gasteiger partial charge on any atom is 0.253 e. The van der Waals surface area contributed by atoms with E-state index in [0.717, 1.165) is 6.54 Å². The zero-order valence-electron chi connectivity index (χ0n) is 11.4. The van der Waals surface area contributed by atoms with E-state index in [1.54, 1.807) is 23.1 Å². The van der Waals surface area contributed by atoms with Gasteiger partial charge in [0.25, 0.3) is 5.91 Å². The van der Waals surface area contributed by atoms with Crippen molar-refractivity contribution in [1.82, 2.24) is 4.90 Å². The summed E-state index contributed by atoms with van der Waals surface area (Å²) >= 11 is 5.87. The lowest BCUT2D eigenvalue weighted by Gasteiger charge is -2.27. The Balaban J connectivity index is 1.99. The number of carbonyl (C=O) groups is 1. The number of nitrogen functional groups attached to an aromatic ring is 1. The second-order valence-electron chi connectivity index (χ2n) is 5.43. The van der Waals surface area contributed by atoms with Gasteiger partial charge in [0, 0.05) is 19.2 Å².